The molecule has 0 fully saturated rings. The van der Waals surface area contributed by atoms with Crippen molar-refractivity contribution in [2.45, 2.75) is 34.2 Å². The van der Waals surface area contributed by atoms with Gasteiger partial charge in [0, 0.05) is 6.54 Å². The maximum Gasteiger partial charge on any atom is 0.0961 e. The van der Waals surface area contributed by atoms with Crippen molar-refractivity contribution < 1.29 is 0 Å². The number of benzene rings is 1. The smallest absolute Gasteiger partial charge is 0.0961 e. The Morgan fingerprint density at radius 1 is 1.25 bits per heavy atom. The summed E-state index contributed by atoms with van der Waals surface area (Å²) in [4.78, 5) is 4.43. The summed E-state index contributed by atoms with van der Waals surface area (Å²) in [5.74, 6) is 0. The largest absolute Gasteiger partial charge is 0.327 e. The Bertz CT molecular complexity index is 543. The zero-order chi connectivity index (χ0) is 11.7. The Hall–Kier alpha value is -1.57. The zero-order valence-electron chi connectivity index (χ0n) is 10.4. The van der Waals surface area contributed by atoms with Crippen LogP contribution in [0.5, 0.6) is 0 Å². The van der Waals surface area contributed by atoms with Crippen molar-refractivity contribution in [1.29, 1.82) is 0 Å². The van der Waals surface area contributed by atoms with Gasteiger partial charge >= 0.3 is 0 Å². The van der Waals surface area contributed by atoms with Gasteiger partial charge in [-0.1, -0.05) is 11.6 Å². The molecule has 2 heteroatoms. The third kappa shape index (κ3) is 2.01. The van der Waals surface area contributed by atoms with Gasteiger partial charge in [0.2, 0.25) is 0 Å². The minimum atomic E-state index is 0.904. The van der Waals surface area contributed by atoms with E-state index in [4.69, 9.17) is 0 Å². The first-order valence-corrected chi connectivity index (χ1v) is 5.63. The van der Waals surface area contributed by atoms with E-state index in [0.717, 1.165) is 12.1 Å². The molecule has 0 atom stereocenters. The van der Waals surface area contributed by atoms with E-state index in [1.165, 1.54) is 22.2 Å². The second-order valence-electron chi connectivity index (χ2n) is 4.60. The molecule has 2 rings (SSSR count). The summed E-state index contributed by atoms with van der Waals surface area (Å²) in [7, 11) is 0. The SMILES string of the molecule is CC(C)=CCn1cnc2cc(C)c(C)cc21. The maximum atomic E-state index is 4.43. The standard InChI is InChI=1S/C14H18N2/c1-10(2)5-6-16-9-15-13-7-11(3)12(4)8-14(13)16/h5,7-9H,6H2,1-4H3. The monoisotopic (exact) mass is 214 g/mol. The zero-order valence-corrected chi connectivity index (χ0v) is 10.4. The normalized spacial score (nSPS) is 10.8. The van der Waals surface area contributed by atoms with E-state index in [9.17, 15) is 0 Å². The number of rotatable bonds is 2. The van der Waals surface area contributed by atoms with Crippen LogP contribution in [0.1, 0.15) is 25.0 Å². The molecule has 84 valence electrons. The third-order valence-electron chi connectivity index (χ3n) is 2.93. The van der Waals surface area contributed by atoms with Gasteiger partial charge in [-0.05, 0) is 51.0 Å². The maximum absolute atomic E-state index is 4.43. The van der Waals surface area contributed by atoms with E-state index < -0.39 is 0 Å². The molecular weight excluding hydrogens is 196 g/mol. The fourth-order valence-electron chi connectivity index (χ4n) is 1.74. The summed E-state index contributed by atoms with van der Waals surface area (Å²) >= 11 is 0. The molecule has 2 aromatic rings. The lowest BCUT2D eigenvalue weighted by atomic mass is 10.1. The molecule has 0 aliphatic carbocycles. The summed E-state index contributed by atoms with van der Waals surface area (Å²) in [6.45, 7) is 9.42. The van der Waals surface area contributed by atoms with Gasteiger partial charge in [-0.2, -0.15) is 0 Å². The molecule has 0 unspecified atom stereocenters. The summed E-state index contributed by atoms with van der Waals surface area (Å²) in [5, 5.41) is 0. The Kier molecular flexibility index (Phi) is 2.82. The number of aromatic nitrogens is 2. The van der Waals surface area contributed by atoms with Gasteiger partial charge in [0.25, 0.3) is 0 Å². The second kappa shape index (κ2) is 4.12. The first kappa shape index (κ1) is 10.9. The van der Waals surface area contributed by atoms with E-state index in [-0.39, 0.29) is 0 Å². The average molecular weight is 214 g/mol. The van der Waals surface area contributed by atoms with Gasteiger partial charge in [-0.25, -0.2) is 4.98 Å². The molecule has 0 radical (unpaired) electrons. The minimum absolute atomic E-state index is 0.904. The van der Waals surface area contributed by atoms with Crippen molar-refractivity contribution in [2.24, 2.45) is 0 Å². The fraction of sp³-hybridized carbons (Fsp3) is 0.357. The van der Waals surface area contributed by atoms with E-state index >= 15 is 0 Å². The Balaban J connectivity index is 2.48. The van der Waals surface area contributed by atoms with Crippen molar-refractivity contribution in [2.75, 3.05) is 0 Å². The van der Waals surface area contributed by atoms with Gasteiger partial charge in [-0.3, -0.25) is 0 Å². The molecule has 0 amide bonds. The molecule has 1 aromatic carbocycles. The number of fused-ring (bicyclic) bond motifs is 1. The number of hydrogen-bond acceptors (Lipinski definition) is 1. The number of imidazole rings is 1. The van der Waals surface area contributed by atoms with Crippen molar-refractivity contribution in [1.82, 2.24) is 9.55 Å². The highest BCUT2D eigenvalue weighted by atomic mass is 15.0. The lowest BCUT2D eigenvalue weighted by Gasteiger charge is -2.03. The van der Waals surface area contributed by atoms with Crippen molar-refractivity contribution in [3.8, 4) is 0 Å². The molecule has 1 aromatic heterocycles. The third-order valence-corrected chi connectivity index (χ3v) is 2.93. The van der Waals surface area contributed by atoms with Crippen LogP contribution in [0, 0.1) is 13.8 Å². The molecule has 0 aliphatic rings. The number of nitrogens with zero attached hydrogens (tertiary/aromatic N) is 2. The van der Waals surface area contributed by atoms with Crippen LogP contribution in [0.3, 0.4) is 0 Å². The highest BCUT2D eigenvalue weighted by molar-refractivity contribution is 5.77. The Morgan fingerprint density at radius 3 is 2.62 bits per heavy atom. The first-order valence-electron chi connectivity index (χ1n) is 5.63. The van der Waals surface area contributed by atoms with E-state index in [2.05, 4.69) is 55.5 Å². The lowest BCUT2D eigenvalue weighted by molar-refractivity contribution is 0.842. The molecule has 1 heterocycles. The van der Waals surface area contributed by atoms with Gasteiger partial charge in [0.05, 0.1) is 17.4 Å². The van der Waals surface area contributed by atoms with Crippen LogP contribution in [-0.2, 0) is 6.54 Å². The number of allylic oxidation sites excluding steroid dienone is 2. The van der Waals surface area contributed by atoms with E-state index in [0.29, 0.717) is 0 Å². The van der Waals surface area contributed by atoms with E-state index in [1.54, 1.807) is 0 Å². The predicted octanol–water partition coefficient (Wildman–Crippen LogP) is 3.62. The second-order valence-corrected chi connectivity index (χ2v) is 4.60. The van der Waals surface area contributed by atoms with E-state index in [1.807, 2.05) is 6.33 Å². The highest BCUT2D eigenvalue weighted by Crippen LogP contribution is 2.18. The van der Waals surface area contributed by atoms with Gasteiger partial charge in [-0.15, -0.1) is 0 Å². The predicted molar refractivity (Wildman–Crippen MR) is 68.6 cm³/mol. The molecule has 0 aliphatic heterocycles. The molecule has 0 bridgehead atoms. The molecule has 16 heavy (non-hydrogen) atoms. The van der Waals surface area contributed by atoms with Crippen LogP contribution in [0.4, 0.5) is 0 Å². The lowest BCUT2D eigenvalue weighted by Crippen LogP contribution is -1.94. The van der Waals surface area contributed by atoms with Crippen molar-refractivity contribution in [3.63, 3.8) is 0 Å². The Morgan fingerprint density at radius 2 is 1.94 bits per heavy atom. The topological polar surface area (TPSA) is 17.8 Å². The number of aryl methyl sites for hydroxylation is 2. The van der Waals surface area contributed by atoms with Crippen LogP contribution < -0.4 is 0 Å². The average Bonchev–Trinajstić information content (AvgIpc) is 2.58. The van der Waals surface area contributed by atoms with Crippen LogP contribution in [0.2, 0.25) is 0 Å². The summed E-state index contributed by atoms with van der Waals surface area (Å²) in [6.07, 6.45) is 4.14. The molecular formula is C14H18N2. The number of hydrogen-bond donors (Lipinski definition) is 0. The van der Waals surface area contributed by atoms with Crippen LogP contribution in [0.25, 0.3) is 11.0 Å². The van der Waals surface area contributed by atoms with Gasteiger partial charge in [0.15, 0.2) is 0 Å². The van der Waals surface area contributed by atoms with Crippen molar-refractivity contribution in [3.05, 3.63) is 41.2 Å². The van der Waals surface area contributed by atoms with Crippen LogP contribution in [-0.4, -0.2) is 9.55 Å². The van der Waals surface area contributed by atoms with Gasteiger partial charge < -0.3 is 4.57 Å². The molecule has 2 nitrogen and oxygen atoms in total. The van der Waals surface area contributed by atoms with Crippen LogP contribution in [0.15, 0.2) is 30.1 Å². The quantitative estimate of drug-likeness (QED) is 0.698. The van der Waals surface area contributed by atoms with Gasteiger partial charge in [0.1, 0.15) is 0 Å². The summed E-state index contributed by atoms with van der Waals surface area (Å²) < 4.78 is 2.19. The molecule has 0 N–H and O–H groups in total. The minimum Gasteiger partial charge on any atom is -0.327 e. The summed E-state index contributed by atoms with van der Waals surface area (Å²) in [5.41, 5.74) is 6.28. The fourth-order valence-corrected chi connectivity index (χ4v) is 1.74. The Labute approximate surface area is 96.6 Å². The molecule has 0 saturated heterocycles. The molecule has 0 saturated carbocycles. The van der Waals surface area contributed by atoms with Crippen molar-refractivity contribution >= 4 is 11.0 Å². The first-order chi connectivity index (χ1) is 7.58. The highest BCUT2D eigenvalue weighted by Gasteiger charge is 2.03. The summed E-state index contributed by atoms with van der Waals surface area (Å²) in [6, 6.07) is 4.38. The van der Waals surface area contributed by atoms with Crippen LogP contribution >= 0.6 is 0 Å². The molecule has 0 spiro atoms.